The zero-order valence-corrected chi connectivity index (χ0v) is 21.3. The van der Waals surface area contributed by atoms with E-state index < -0.39 is 5.60 Å². The SMILES string of the molecule is C[C@H](CCCC(C)(C)O)C1CCC2/C(=C/C=C3/CCC(CCCO)C(O)C3)CCCC21C. The first-order valence-corrected chi connectivity index (χ1v) is 13.5. The van der Waals surface area contributed by atoms with Gasteiger partial charge >= 0.3 is 0 Å². The van der Waals surface area contributed by atoms with Crippen LogP contribution in [0.15, 0.2) is 23.3 Å². The molecule has 3 aliphatic rings. The second-order valence-corrected chi connectivity index (χ2v) is 12.3. The van der Waals surface area contributed by atoms with Crippen molar-refractivity contribution < 1.29 is 15.3 Å². The molecule has 184 valence electrons. The first-order valence-electron chi connectivity index (χ1n) is 13.5. The zero-order chi connectivity index (χ0) is 23.4. The second-order valence-electron chi connectivity index (χ2n) is 12.3. The number of aliphatic hydroxyl groups is 3. The topological polar surface area (TPSA) is 60.7 Å². The molecule has 5 unspecified atom stereocenters. The third-order valence-electron chi connectivity index (χ3n) is 9.29. The molecule has 0 saturated heterocycles. The highest BCUT2D eigenvalue weighted by Crippen LogP contribution is 2.60. The molecule has 0 radical (unpaired) electrons. The van der Waals surface area contributed by atoms with Crippen molar-refractivity contribution in [3.8, 4) is 0 Å². The molecular weight excluding hydrogens is 396 g/mol. The molecule has 3 saturated carbocycles. The molecular formula is C29H50O3. The van der Waals surface area contributed by atoms with Gasteiger partial charge in [-0.2, -0.15) is 0 Å². The fraction of sp³-hybridized carbons (Fsp3) is 0.862. The van der Waals surface area contributed by atoms with Crippen LogP contribution >= 0.6 is 0 Å². The van der Waals surface area contributed by atoms with Gasteiger partial charge in [0.25, 0.3) is 0 Å². The average molecular weight is 447 g/mol. The third kappa shape index (κ3) is 6.48. The van der Waals surface area contributed by atoms with Crippen LogP contribution in [0.4, 0.5) is 0 Å². The Bertz CT molecular complexity index is 658. The maximum absolute atomic E-state index is 10.6. The van der Waals surface area contributed by atoms with E-state index in [4.69, 9.17) is 5.11 Å². The lowest BCUT2D eigenvalue weighted by Gasteiger charge is -2.44. The highest BCUT2D eigenvalue weighted by Gasteiger charge is 2.50. The van der Waals surface area contributed by atoms with Crippen LogP contribution in [0.2, 0.25) is 0 Å². The minimum atomic E-state index is -0.540. The quantitative estimate of drug-likeness (QED) is 0.375. The van der Waals surface area contributed by atoms with Crippen molar-refractivity contribution in [1.29, 1.82) is 0 Å². The summed E-state index contributed by atoms with van der Waals surface area (Å²) in [5.41, 5.74) is 2.96. The van der Waals surface area contributed by atoms with Crippen molar-refractivity contribution in [1.82, 2.24) is 0 Å². The summed E-state index contributed by atoms with van der Waals surface area (Å²) >= 11 is 0. The Morgan fingerprint density at radius 2 is 1.91 bits per heavy atom. The van der Waals surface area contributed by atoms with Gasteiger partial charge in [-0.1, -0.05) is 50.0 Å². The Balaban J connectivity index is 1.61. The standard InChI is InChI=1S/C29H50O3/c1-21(8-5-17-28(2,3)32)25-15-16-26-23(9-6-18-29(25,26)4)13-11-22-12-14-24(10-7-19-30)27(31)20-22/h11,13,21,24-27,30-32H,5-10,12,14-20H2,1-4H3/b22-11-,23-13+/t21-,24?,25?,26?,27?,29?/m1/s1. The molecule has 3 N–H and O–H groups in total. The van der Waals surface area contributed by atoms with Crippen LogP contribution in [0.5, 0.6) is 0 Å². The Morgan fingerprint density at radius 3 is 2.59 bits per heavy atom. The minimum Gasteiger partial charge on any atom is -0.396 e. The van der Waals surface area contributed by atoms with Gasteiger partial charge in [0.05, 0.1) is 11.7 Å². The summed E-state index contributed by atoms with van der Waals surface area (Å²) in [6.45, 7) is 9.12. The van der Waals surface area contributed by atoms with E-state index in [0.717, 1.165) is 62.7 Å². The number of hydrogen-bond acceptors (Lipinski definition) is 3. The molecule has 3 fully saturated rings. The predicted molar refractivity (Wildman–Crippen MR) is 133 cm³/mol. The lowest BCUT2D eigenvalue weighted by molar-refractivity contribution is 0.0596. The monoisotopic (exact) mass is 446 g/mol. The molecule has 32 heavy (non-hydrogen) atoms. The van der Waals surface area contributed by atoms with Crippen LogP contribution in [0.1, 0.15) is 111 Å². The Hall–Kier alpha value is -0.640. The highest BCUT2D eigenvalue weighted by molar-refractivity contribution is 5.26. The number of fused-ring (bicyclic) bond motifs is 1. The van der Waals surface area contributed by atoms with E-state index in [9.17, 15) is 10.2 Å². The molecule has 0 aromatic carbocycles. The van der Waals surface area contributed by atoms with Crippen molar-refractivity contribution in [3.05, 3.63) is 23.3 Å². The van der Waals surface area contributed by atoms with Gasteiger partial charge < -0.3 is 15.3 Å². The molecule has 0 bridgehead atoms. The van der Waals surface area contributed by atoms with Crippen LogP contribution in [-0.4, -0.2) is 33.6 Å². The van der Waals surface area contributed by atoms with Crippen LogP contribution in [0, 0.1) is 29.1 Å². The molecule has 3 aliphatic carbocycles. The predicted octanol–water partition coefficient (Wildman–Crippen LogP) is 6.57. The summed E-state index contributed by atoms with van der Waals surface area (Å²) in [7, 11) is 0. The van der Waals surface area contributed by atoms with E-state index in [1.54, 1.807) is 5.57 Å². The van der Waals surface area contributed by atoms with Crippen LogP contribution < -0.4 is 0 Å². The van der Waals surface area contributed by atoms with Crippen LogP contribution in [0.25, 0.3) is 0 Å². The third-order valence-corrected chi connectivity index (χ3v) is 9.29. The van der Waals surface area contributed by atoms with E-state index in [2.05, 4.69) is 26.0 Å². The van der Waals surface area contributed by atoms with Crippen LogP contribution in [0.3, 0.4) is 0 Å². The summed E-state index contributed by atoms with van der Waals surface area (Å²) in [4.78, 5) is 0. The number of hydrogen-bond donors (Lipinski definition) is 3. The minimum absolute atomic E-state index is 0.233. The summed E-state index contributed by atoms with van der Waals surface area (Å²) in [6, 6.07) is 0. The lowest BCUT2D eigenvalue weighted by atomic mass is 9.60. The maximum Gasteiger partial charge on any atom is 0.0605 e. The van der Waals surface area contributed by atoms with E-state index >= 15 is 0 Å². The largest absolute Gasteiger partial charge is 0.396 e. The number of allylic oxidation sites excluding steroid dienone is 3. The van der Waals surface area contributed by atoms with Gasteiger partial charge in [0.15, 0.2) is 0 Å². The van der Waals surface area contributed by atoms with E-state index in [-0.39, 0.29) is 12.7 Å². The highest BCUT2D eigenvalue weighted by atomic mass is 16.3. The molecule has 0 aliphatic heterocycles. The van der Waals surface area contributed by atoms with Gasteiger partial charge in [0.2, 0.25) is 0 Å². The van der Waals surface area contributed by atoms with Gasteiger partial charge in [-0.3, -0.25) is 0 Å². The zero-order valence-electron chi connectivity index (χ0n) is 21.3. The molecule has 6 atom stereocenters. The molecule has 0 aromatic rings. The smallest absolute Gasteiger partial charge is 0.0605 e. The van der Waals surface area contributed by atoms with E-state index in [0.29, 0.717) is 11.3 Å². The summed E-state index contributed by atoms with van der Waals surface area (Å²) < 4.78 is 0. The molecule has 0 amide bonds. The molecule has 0 heterocycles. The Labute approximate surface area is 197 Å². The maximum atomic E-state index is 10.6. The fourth-order valence-corrected chi connectivity index (χ4v) is 7.44. The van der Waals surface area contributed by atoms with Crippen molar-refractivity contribution in [2.45, 2.75) is 123 Å². The molecule has 3 rings (SSSR count). The Kier molecular flexibility index (Phi) is 9.08. The average Bonchev–Trinajstić information content (AvgIpc) is 3.08. The number of aliphatic hydroxyl groups excluding tert-OH is 2. The summed E-state index contributed by atoms with van der Waals surface area (Å²) in [5, 5.41) is 29.7. The molecule has 3 nitrogen and oxygen atoms in total. The Morgan fingerprint density at radius 1 is 1.12 bits per heavy atom. The van der Waals surface area contributed by atoms with E-state index in [1.807, 2.05) is 13.8 Å². The van der Waals surface area contributed by atoms with Crippen molar-refractivity contribution in [3.63, 3.8) is 0 Å². The normalized spacial score (nSPS) is 37.1. The van der Waals surface area contributed by atoms with Crippen molar-refractivity contribution in [2.75, 3.05) is 6.61 Å². The van der Waals surface area contributed by atoms with Crippen LogP contribution in [-0.2, 0) is 0 Å². The van der Waals surface area contributed by atoms with Gasteiger partial charge in [-0.05, 0) is 114 Å². The molecule has 0 aromatic heterocycles. The first kappa shape index (κ1) is 26.0. The fourth-order valence-electron chi connectivity index (χ4n) is 7.44. The second kappa shape index (κ2) is 11.2. The summed E-state index contributed by atoms with van der Waals surface area (Å²) in [5.74, 6) is 2.61. The molecule has 0 spiro atoms. The first-order chi connectivity index (χ1) is 15.1. The van der Waals surface area contributed by atoms with Crippen molar-refractivity contribution >= 4 is 0 Å². The number of rotatable bonds is 9. The van der Waals surface area contributed by atoms with Gasteiger partial charge in [0, 0.05) is 6.61 Å². The van der Waals surface area contributed by atoms with Crippen molar-refractivity contribution in [2.24, 2.45) is 29.1 Å². The van der Waals surface area contributed by atoms with Gasteiger partial charge in [-0.15, -0.1) is 0 Å². The van der Waals surface area contributed by atoms with Gasteiger partial charge in [0.1, 0.15) is 0 Å². The summed E-state index contributed by atoms with van der Waals surface area (Å²) in [6.07, 6.45) is 19.1. The van der Waals surface area contributed by atoms with Gasteiger partial charge in [-0.25, -0.2) is 0 Å². The molecule has 3 heteroatoms. The lowest BCUT2D eigenvalue weighted by Crippen LogP contribution is -2.36. The van der Waals surface area contributed by atoms with E-state index in [1.165, 1.54) is 44.1 Å².